The Labute approximate surface area is 164 Å². The lowest BCUT2D eigenvalue weighted by Crippen LogP contribution is -2.36. The first-order valence-electron chi connectivity index (χ1n) is 9.36. The minimum atomic E-state index is -0.0830. The number of hydrogen-bond acceptors (Lipinski definition) is 4. The number of anilines is 2. The summed E-state index contributed by atoms with van der Waals surface area (Å²) in [6, 6.07) is 19.5. The van der Waals surface area contributed by atoms with Gasteiger partial charge in [0.05, 0.1) is 24.6 Å². The number of rotatable bonds is 6. The second kappa shape index (κ2) is 7.97. The van der Waals surface area contributed by atoms with E-state index in [0.717, 1.165) is 24.2 Å². The summed E-state index contributed by atoms with van der Waals surface area (Å²) in [6.45, 7) is 2.81. The number of benzene rings is 2. The fourth-order valence-corrected chi connectivity index (χ4v) is 3.16. The molecule has 28 heavy (non-hydrogen) atoms. The summed E-state index contributed by atoms with van der Waals surface area (Å²) in [7, 11) is 0. The highest BCUT2D eigenvalue weighted by atomic mass is 16.1. The van der Waals surface area contributed by atoms with Crippen molar-refractivity contribution >= 4 is 17.4 Å². The molecule has 0 saturated carbocycles. The number of nitrogens with zero attached hydrogens (tertiary/aromatic N) is 4. The lowest BCUT2D eigenvalue weighted by Gasteiger charge is -2.33. The second-order valence-corrected chi connectivity index (χ2v) is 6.94. The lowest BCUT2D eigenvalue weighted by molar-refractivity contribution is -0.115. The molecule has 1 saturated heterocycles. The maximum Gasteiger partial charge on any atom is 0.229 e. The highest BCUT2D eigenvalue weighted by Crippen LogP contribution is 2.21. The van der Waals surface area contributed by atoms with Crippen LogP contribution in [0.2, 0.25) is 0 Å². The van der Waals surface area contributed by atoms with Crippen LogP contribution >= 0.6 is 0 Å². The summed E-state index contributed by atoms with van der Waals surface area (Å²) in [5.41, 5.74) is 3.88. The van der Waals surface area contributed by atoms with Crippen LogP contribution in [0.15, 0.2) is 60.8 Å². The lowest BCUT2D eigenvalue weighted by atomic mass is 10.1. The number of nitrogens with one attached hydrogen (secondary N) is 1. The summed E-state index contributed by atoms with van der Waals surface area (Å²) in [5.74, 6) is 0.455. The maximum atomic E-state index is 12.3. The van der Waals surface area contributed by atoms with Crippen LogP contribution in [0.1, 0.15) is 23.1 Å². The maximum absolute atomic E-state index is 12.3. The summed E-state index contributed by atoms with van der Waals surface area (Å²) in [4.78, 5) is 14.6. The van der Waals surface area contributed by atoms with Gasteiger partial charge < -0.3 is 10.2 Å². The molecular weight excluding hydrogens is 350 g/mol. The van der Waals surface area contributed by atoms with E-state index in [9.17, 15) is 4.79 Å². The van der Waals surface area contributed by atoms with E-state index in [-0.39, 0.29) is 5.91 Å². The summed E-state index contributed by atoms with van der Waals surface area (Å²) in [6.07, 6.45) is 3.40. The van der Waals surface area contributed by atoms with Crippen LogP contribution in [0.25, 0.3) is 0 Å². The normalized spacial score (nSPS) is 12.9. The third kappa shape index (κ3) is 4.21. The Balaban J connectivity index is 1.31. The summed E-state index contributed by atoms with van der Waals surface area (Å²) >= 11 is 0. The molecule has 1 amide bonds. The van der Waals surface area contributed by atoms with E-state index in [4.69, 9.17) is 5.26 Å². The third-order valence-corrected chi connectivity index (χ3v) is 4.86. The van der Waals surface area contributed by atoms with Gasteiger partial charge in [-0.2, -0.15) is 10.4 Å². The molecule has 0 radical (unpaired) electrons. The Morgan fingerprint density at radius 1 is 1.04 bits per heavy atom. The van der Waals surface area contributed by atoms with E-state index in [1.54, 1.807) is 22.9 Å². The molecule has 0 atom stereocenters. The van der Waals surface area contributed by atoms with E-state index in [2.05, 4.69) is 33.5 Å². The quantitative estimate of drug-likeness (QED) is 0.722. The zero-order chi connectivity index (χ0) is 19.3. The number of aromatic nitrogens is 2. The minimum Gasteiger partial charge on any atom is -0.371 e. The Hall–Kier alpha value is -3.59. The van der Waals surface area contributed by atoms with Crippen molar-refractivity contribution in [2.24, 2.45) is 0 Å². The van der Waals surface area contributed by atoms with Crippen molar-refractivity contribution in [3.8, 4) is 6.07 Å². The van der Waals surface area contributed by atoms with Gasteiger partial charge in [0, 0.05) is 31.0 Å². The fourth-order valence-electron chi connectivity index (χ4n) is 3.16. The highest BCUT2D eigenvalue weighted by Gasteiger charge is 2.14. The summed E-state index contributed by atoms with van der Waals surface area (Å²) in [5, 5.41) is 16.1. The van der Waals surface area contributed by atoms with Crippen molar-refractivity contribution < 1.29 is 4.79 Å². The SMILES string of the molecule is N#Cc1ccc(Cn2ccc(NC(=O)Cc3ccc(N4CCC4)cc3)n2)cc1. The van der Waals surface area contributed by atoms with Crippen LogP contribution in [0.3, 0.4) is 0 Å². The molecule has 1 N–H and O–H groups in total. The molecule has 1 aromatic heterocycles. The monoisotopic (exact) mass is 371 g/mol. The first-order valence-corrected chi connectivity index (χ1v) is 9.36. The predicted octanol–water partition coefficient (Wildman–Crippen LogP) is 3.19. The van der Waals surface area contributed by atoms with Gasteiger partial charge in [0.2, 0.25) is 5.91 Å². The topological polar surface area (TPSA) is 74.0 Å². The molecule has 3 aromatic rings. The van der Waals surface area contributed by atoms with Crippen LogP contribution < -0.4 is 10.2 Å². The first-order chi connectivity index (χ1) is 13.7. The third-order valence-electron chi connectivity index (χ3n) is 4.86. The van der Waals surface area contributed by atoms with Crippen LogP contribution in [0.4, 0.5) is 11.5 Å². The molecule has 0 unspecified atom stereocenters. The van der Waals surface area contributed by atoms with Crippen LogP contribution in [0.5, 0.6) is 0 Å². The van der Waals surface area contributed by atoms with Gasteiger partial charge in [-0.3, -0.25) is 9.48 Å². The van der Waals surface area contributed by atoms with Crippen molar-refractivity contribution in [1.29, 1.82) is 5.26 Å². The zero-order valence-corrected chi connectivity index (χ0v) is 15.5. The van der Waals surface area contributed by atoms with E-state index in [0.29, 0.717) is 24.3 Å². The van der Waals surface area contributed by atoms with E-state index in [1.807, 2.05) is 30.5 Å². The van der Waals surface area contributed by atoms with Crippen LogP contribution in [0, 0.1) is 11.3 Å². The molecular formula is C22H21N5O. The number of carbonyl (C=O) groups excluding carboxylic acids is 1. The Morgan fingerprint density at radius 2 is 1.75 bits per heavy atom. The number of nitriles is 1. The molecule has 2 heterocycles. The minimum absolute atomic E-state index is 0.0830. The Morgan fingerprint density at radius 3 is 2.39 bits per heavy atom. The number of hydrogen-bond donors (Lipinski definition) is 1. The van der Waals surface area contributed by atoms with Crippen molar-refractivity contribution in [2.75, 3.05) is 23.3 Å². The summed E-state index contributed by atoms with van der Waals surface area (Å²) < 4.78 is 1.76. The average Bonchev–Trinajstić information content (AvgIpc) is 3.09. The molecule has 6 heteroatoms. The van der Waals surface area contributed by atoms with Crippen LogP contribution in [-0.2, 0) is 17.8 Å². The highest BCUT2D eigenvalue weighted by molar-refractivity contribution is 5.91. The Kier molecular flexibility index (Phi) is 5.07. The van der Waals surface area contributed by atoms with Crippen molar-refractivity contribution in [3.05, 3.63) is 77.5 Å². The standard InChI is InChI=1S/C22H21N5O/c23-15-18-2-4-19(5-3-18)16-27-13-10-21(25-27)24-22(28)14-17-6-8-20(9-7-17)26-11-1-12-26/h2-10,13H,1,11-12,14,16H2,(H,24,25,28). The van der Waals surface area contributed by atoms with Crippen molar-refractivity contribution in [3.63, 3.8) is 0 Å². The predicted molar refractivity (Wildman–Crippen MR) is 108 cm³/mol. The zero-order valence-electron chi connectivity index (χ0n) is 15.5. The molecule has 0 bridgehead atoms. The van der Waals surface area contributed by atoms with E-state index >= 15 is 0 Å². The first kappa shape index (κ1) is 17.8. The van der Waals surface area contributed by atoms with Crippen molar-refractivity contribution in [2.45, 2.75) is 19.4 Å². The van der Waals surface area contributed by atoms with E-state index in [1.165, 1.54) is 12.1 Å². The average molecular weight is 371 g/mol. The largest absolute Gasteiger partial charge is 0.371 e. The van der Waals surface area contributed by atoms with Gasteiger partial charge in [-0.1, -0.05) is 24.3 Å². The Bertz CT molecular complexity index is 995. The fraction of sp³-hybridized carbons (Fsp3) is 0.227. The number of carbonyl (C=O) groups is 1. The molecule has 6 nitrogen and oxygen atoms in total. The van der Waals surface area contributed by atoms with Gasteiger partial charge in [-0.05, 0) is 41.8 Å². The van der Waals surface area contributed by atoms with Gasteiger partial charge in [0.1, 0.15) is 0 Å². The van der Waals surface area contributed by atoms with Gasteiger partial charge in [0.25, 0.3) is 0 Å². The molecule has 0 spiro atoms. The second-order valence-electron chi connectivity index (χ2n) is 6.94. The molecule has 1 aliphatic heterocycles. The van der Waals surface area contributed by atoms with E-state index < -0.39 is 0 Å². The van der Waals surface area contributed by atoms with Crippen molar-refractivity contribution in [1.82, 2.24) is 9.78 Å². The molecule has 1 fully saturated rings. The van der Waals surface area contributed by atoms with Gasteiger partial charge >= 0.3 is 0 Å². The smallest absolute Gasteiger partial charge is 0.229 e. The van der Waals surface area contributed by atoms with Gasteiger partial charge in [0.15, 0.2) is 5.82 Å². The molecule has 4 rings (SSSR count). The van der Waals surface area contributed by atoms with Gasteiger partial charge in [-0.25, -0.2) is 0 Å². The van der Waals surface area contributed by atoms with Crippen LogP contribution in [-0.4, -0.2) is 28.8 Å². The molecule has 1 aliphatic rings. The molecule has 0 aliphatic carbocycles. The molecule has 2 aromatic carbocycles. The molecule has 140 valence electrons. The number of amides is 1. The van der Waals surface area contributed by atoms with Gasteiger partial charge in [-0.15, -0.1) is 0 Å².